The molecule has 1 rings (SSSR count). The molecule has 0 aliphatic rings. The number of nitrogens with zero attached hydrogens (tertiary/aromatic N) is 1. The smallest absolute Gasteiger partial charge is 0.289 e. The third-order valence-corrected chi connectivity index (χ3v) is 1.83. The summed E-state index contributed by atoms with van der Waals surface area (Å²) in [5, 5.41) is 0. The SMILES string of the molecule is C=C(N)c1oc(C(=O)N(C)C)cc1C. The van der Waals surface area contributed by atoms with Crippen LogP contribution >= 0.6 is 0 Å². The van der Waals surface area contributed by atoms with Gasteiger partial charge in [0.05, 0.1) is 5.70 Å². The highest BCUT2D eigenvalue weighted by Crippen LogP contribution is 2.19. The first kappa shape index (κ1) is 10.4. The third-order valence-electron chi connectivity index (χ3n) is 1.83. The Hall–Kier alpha value is -1.71. The fraction of sp³-hybridized carbons (Fsp3) is 0.300. The number of hydrogen-bond donors (Lipinski definition) is 1. The van der Waals surface area contributed by atoms with Crippen LogP contribution in [0.25, 0.3) is 5.70 Å². The highest BCUT2D eigenvalue weighted by Gasteiger charge is 2.16. The van der Waals surface area contributed by atoms with Crippen LogP contribution in [0.15, 0.2) is 17.1 Å². The van der Waals surface area contributed by atoms with Crippen LogP contribution < -0.4 is 5.73 Å². The van der Waals surface area contributed by atoms with Crippen LogP contribution in [0.5, 0.6) is 0 Å². The van der Waals surface area contributed by atoms with Gasteiger partial charge in [-0.1, -0.05) is 6.58 Å². The zero-order chi connectivity index (χ0) is 10.9. The average molecular weight is 194 g/mol. The summed E-state index contributed by atoms with van der Waals surface area (Å²) < 4.78 is 5.28. The van der Waals surface area contributed by atoms with Crippen molar-refractivity contribution < 1.29 is 9.21 Å². The van der Waals surface area contributed by atoms with Crippen molar-refractivity contribution in [3.05, 3.63) is 29.7 Å². The van der Waals surface area contributed by atoms with Crippen molar-refractivity contribution >= 4 is 11.6 Å². The Morgan fingerprint density at radius 3 is 2.50 bits per heavy atom. The van der Waals surface area contributed by atoms with E-state index in [0.717, 1.165) is 5.56 Å². The van der Waals surface area contributed by atoms with Gasteiger partial charge in [0.2, 0.25) is 0 Å². The largest absolute Gasteiger partial charge is 0.449 e. The minimum absolute atomic E-state index is 0.180. The molecule has 0 bridgehead atoms. The highest BCUT2D eigenvalue weighted by molar-refractivity contribution is 5.91. The van der Waals surface area contributed by atoms with Crippen LogP contribution in [0.1, 0.15) is 21.9 Å². The molecule has 1 aromatic heterocycles. The van der Waals surface area contributed by atoms with E-state index in [1.54, 1.807) is 20.2 Å². The van der Waals surface area contributed by atoms with Gasteiger partial charge in [-0.15, -0.1) is 0 Å². The summed E-state index contributed by atoms with van der Waals surface area (Å²) in [5.74, 6) is 0.588. The molecule has 0 fully saturated rings. The molecule has 0 saturated heterocycles. The van der Waals surface area contributed by atoms with Gasteiger partial charge in [0, 0.05) is 14.1 Å². The lowest BCUT2D eigenvalue weighted by molar-refractivity contribution is 0.0796. The van der Waals surface area contributed by atoms with Crippen LogP contribution in [0.4, 0.5) is 0 Å². The third kappa shape index (κ3) is 1.79. The van der Waals surface area contributed by atoms with E-state index in [-0.39, 0.29) is 11.7 Å². The number of furan rings is 1. The summed E-state index contributed by atoms with van der Waals surface area (Å²) in [5.41, 5.74) is 6.65. The van der Waals surface area contributed by atoms with E-state index in [9.17, 15) is 4.79 Å². The molecule has 1 amide bonds. The van der Waals surface area contributed by atoms with Gasteiger partial charge < -0.3 is 15.1 Å². The number of amides is 1. The summed E-state index contributed by atoms with van der Waals surface area (Å²) in [4.78, 5) is 12.9. The number of hydrogen-bond acceptors (Lipinski definition) is 3. The van der Waals surface area contributed by atoms with Crippen molar-refractivity contribution in [2.75, 3.05) is 14.1 Å². The zero-order valence-corrected chi connectivity index (χ0v) is 8.63. The number of nitrogens with two attached hydrogens (primary N) is 1. The van der Waals surface area contributed by atoms with Gasteiger partial charge in [-0.25, -0.2) is 0 Å². The predicted molar refractivity (Wildman–Crippen MR) is 54.7 cm³/mol. The van der Waals surface area contributed by atoms with Crippen LogP contribution in [-0.4, -0.2) is 24.9 Å². The monoisotopic (exact) mass is 194 g/mol. The standard InChI is InChI=1S/C10H14N2O2/c1-6-5-8(10(13)12(3)4)14-9(6)7(2)11/h5H,2,11H2,1,3-4H3. The molecule has 0 radical (unpaired) electrons. The Morgan fingerprint density at radius 1 is 1.57 bits per heavy atom. The van der Waals surface area contributed by atoms with Gasteiger partial charge in [-0.05, 0) is 18.6 Å². The molecular formula is C10H14N2O2. The average Bonchev–Trinajstić information content (AvgIpc) is 2.45. The quantitative estimate of drug-likeness (QED) is 0.770. The lowest BCUT2D eigenvalue weighted by Gasteiger charge is -2.06. The molecule has 4 heteroatoms. The maximum absolute atomic E-state index is 11.5. The Kier molecular flexibility index (Phi) is 2.65. The second-order valence-electron chi connectivity index (χ2n) is 3.35. The maximum atomic E-state index is 11.5. The fourth-order valence-electron chi connectivity index (χ4n) is 1.13. The molecule has 2 N–H and O–H groups in total. The summed E-state index contributed by atoms with van der Waals surface area (Å²) in [7, 11) is 3.33. The van der Waals surface area contributed by atoms with E-state index in [1.807, 2.05) is 6.92 Å². The molecule has 1 aromatic rings. The maximum Gasteiger partial charge on any atom is 0.289 e. The van der Waals surface area contributed by atoms with Gasteiger partial charge in [0.25, 0.3) is 5.91 Å². The summed E-state index contributed by atoms with van der Waals surface area (Å²) in [6, 6.07) is 1.66. The first-order valence-corrected chi connectivity index (χ1v) is 4.20. The number of aryl methyl sites for hydroxylation is 1. The summed E-state index contributed by atoms with van der Waals surface area (Å²) in [6.45, 7) is 5.39. The van der Waals surface area contributed by atoms with Gasteiger partial charge in [-0.2, -0.15) is 0 Å². The molecule has 1 heterocycles. The second kappa shape index (κ2) is 3.57. The predicted octanol–water partition coefficient (Wildman–Crippen LogP) is 1.22. The van der Waals surface area contributed by atoms with E-state index < -0.39 is 0 Å². The molecule has 0 unspecified atom stereocenters. The highest BCUT2D eigenvalue weighted by atomic mass is 16.4. The molecule has 4 nitrogen and oxygen atoms in total. The fourth-order valence-corrected chi connectivity index (χ4v) is 1.13. The van der Waals surface area contributed by atoms with Crippen LogP contribution in [0, 0.1) is 6.92 Å². The molecule has 0 spiro atoms. The van der Waals surface area contributed by atoms with Crippen molar-refractivity contribution in [2.45, 2.75) is 6.92 Å². The van der Waals surface area contributed by atoms with Crippen molar-refractivity contribution in [1.82, 2.24) is 4.90 Å². The minimum atomic E-state index is -0.180. The Balaban J connectivity index is 3.09. The molecule has 76 valence electrons. The lowest BCUT2D eigenvalue weighted by Crippen LogP contribution is -2.20. The van der Waals surface area contributed by atoms with Gasteiger partial charge in [0.1, 0.15) is 0 Å². The van der Waals surface area contributed by atoms with E-state index in [2.05, 4.69) is 6.58 Å². The molecule has 0 saturated carbocycles. The van der Waals surface area contributed by atoms with E-state index >= 15 is 0 Å². The number of carbonyl (C=O) groups is 1. The van der Waals surface area contributed by atoms with Crippen LogP contribution in [-0.2, 0) is 0 Å². The second-order valence-corrected chi connectivity index (χ2v) is 3.35. The van der Waals surface area contributed by atoms with Crippen molar-refractivity contribution in [1.29, 1.82) is 0 Å². The summed E-state index contributed by atoms with van der Waals surface area (Å²) in [6.07, 6.45) is 0. The summed E-state index contributed by atoms with van der Waals surface area (Å²) >= 11 is 0. The van der Waals surface area contributed by atoms with Gasteiger partial charge in [0.15, 0.2) is 11.5 Å². The van der Waals surface area contributed by atoms with Crippen molar-refractivity contribution in [2.24, 2.45) is 5.73 Å². The topological polar surface area (TPSA) is 59.5 Å². The molecule has 0 aliphatic heterocycles. The molecule has 14 heavy (non-hydrogen) atoms. The molecule has 0 aromatic carbocycles. The van der Waals surface area contributed by atoms with Crippen LogP contribution in [0.2, 0.25) is 0 Å². The van der Waals surface area contributed by atoms with Crippen molar-refractivity contribution in [3.8, 4) is 0 Å². The van der Waals surface area contributed by atoms with Crippen molar-refractivity contribution in [3.63, 3.8) is 0 Å². The Labute approximate surface area is 83.0 Å². The Bertz CT molecular complexity index is 377. The number of rotatable bonds is 2. The lowest BCUT2D eigenvalue weighted by atomic mass is 10.2. The van der Waals surface area contributed by atoms with E-state index in [4.69, 9.17) is 10.2 Å². The molecular weight excluding hydrogens is 180 g/mol. The van der Waals surface area contributed by atoms with Crippen LogP contribution in [0.3, 0.4) is 0 Å². The normalized spacial score (nSPS) is 9.93. The first-order chi connectivity index (χ1) is 6.43. The molecule has 0 atom stereocenters. The minimum Gasteiger partial charge on any atom is -0.449 e. The number of carbonyl (C=O) groups excluding carboxylic acids is 1. The van der Waals surface area contributed by atoms with E-state index in [0.29, 0.717) is 11.5 Å². The van der Waals surface area contributed by atoms with Gasteiger partial charge >= 0.3 is 0 Å². The van der Waals surface area contributed by atoms with E-state index in [1.165, 1.54) is 4.90 Å². The zero-order valence-electron chi connectivity index (χ0n) is 8.63. The first-order valence-electron chi connectivity index (χ1n) is 4.20. The van der Waals surface area contributed by atoms with Gasteiger partial charge in [-0.3, -0.25) is 4.79 Å². The Morgan fingerprint density at radius 2 is 2.14 bits per heavy atom. The molecule has 0 aliphatic carbocycles.